The molecule has 5 heteroatoms. The van der Waals surface area contributed by atoms with Crippen LogP contribution in [0.1, 0.15) is 0 Å². The summed E-state index contributed by atoms with van der Waals surface area (Å²) in [7, 11) is 0. The lowest BCUT2D eigenvalue weighted by molar-refractivity contribution is 0.919. The highest BCUT2D eigenvalue weighted by atomic mass is 79.9. The summed E-state index contributed by atoms with van der Waals surface area (Å²) in [5, 5.41) is 4.49. The van der Waals surface area contributed by atoms with Gasteiger partial charge in [-0.15, -0.1) is 0 Å². The highest BCUT2D eigenvalue weighted by molar-refractivity contribution is 9.10. The van der Waals surface area contributed by atoms with Crippen LogP contribution < -0.4 is 0 Å². The van der Waals surface area contributed by atoms with Crippen LogP contribution in [0, 0.1) is 0 Å². The summed E-state index contributed by atoms with van der Waals surface area (Å²) in [4.78, 5) is 3.94. The van der Waals surface area contributed by atoms with Gasteiger partial charge in [-0.25, -0.2) is 9.50 Å². The second-order valence-corrected chi connectivity index (χ2v) is 3.17. The van der Waals surface area contributed by atoms with Gasteiger partial charge in [-0.05, 0) is 22.0 Å². The summed E-state index contributed by atoms with van der Waals surface area (Å²) in [6, 6.07) is 1.81. The average molecular weight is 232 g/mol. The molecule has 0 N–H and O–H groups in total. The predicted octanol–water partition coefficient (Wildman–Crippen LogP) is 2.15. The molecule has 0 radical (unpaired) electrons. The lowest BCUT2D eigenvalue weighted by Crippen LogP contribution is -1.91. The Labute approximate surface area is 76.1 Å². The predicted molar refractivity (Wildman–Crippen MR) is 45.7 cm³/mol. The third-order valence-corrected chi connectivity index (χ3v) is 2.17. The Hall–Kier alpha value is -0.610. The van der Waals surface area contributed by atoms with Crippen molar-refractivity contribution >= 4 is 33.0 Å². The quantitative estimate of drug-likeness (QED) is 0.697. The molecule has 2 aromatic rings. The van der Waals surface area contributed by atoms with Gasteiger partial charge in [-0.1, -0.05) is 11.6 Å². The van der Waals surface area contributed by atoms with E-state index in [0.717, 1.165) is 10.1 Å². The van der Waals surface area contributed by atoms with Crippen LogP contribution in [0.15, 0.2) is 23.1 Å². The smallest absolute Gasteiger partial charge is 0.154 e. The molecule has 3 nitrogen and oxygen atoms in total. The minimum absolute atomic E-state index is 0.464. The molecule has 0 amide bonds. The summed E-state index contributed by atoms with van der Waals surface area (Å²) in [5.74, 6) is 0. The summed E-state index contributed by atoms with van der Waals surface area (Å²) in [6.07, 6.45) is 3.29. The molecule has 0 aromatic carbocycles. The van der Waals surface area contributed by atoms with Crippen molar-refractivity contribution in [1.82, 2.24) is 14.6 Å². The number of nitrogens with zero attached hydrogens (tertiary/aromatic N) is 3. The van der Waals surface area contributed by atoms with Gasteiger partial charge in [0.2, 0.25) is 0 Å². The van der Waals surface area contributed by atoms with E-state index in [1.54, 1.807) is 23.0 Å². The molecule has 2 heterocycles. The van der Waals surface area contributed by atoms with Crippen molar-refractivity contribution in [2.75, 3.05) is 0 Å². The van der Waals surface area contributed by atoms with Crippen LogP contribution in [0.4, 0.5) is 0 Å². The third kappa shape index (κ3) is 1.02. The van der Waals surface area contributed by atoms with Crippen LogP contribution in [-0.4, -0.2) is 14.6 Å². The Kier molecular flexibility index (Phi) is 1.58. The van der Waals surface area contributed by atoms with E-state index in [2.05, 4.69) is 26.0 Å². The van der Waals surface area contributed by atoms with Crippen LogP contribution in [0.5, 0.6) is 0 Å². The highest BCUT2D eigenvalue weighted by Crippen LogP contribution is 2.17. The maximum atomic E-state index is 5.78. The zero-order chi connectivity index (χ0) is 7.84. The standard InChI is InChI=1S/C6H3BrClN3/c7-5-3-9-6(8)4-1-2-10-11(4)5/h1-3H. The molecule has 0 bridgehead atoms. The number of hydrogen-bond acceptors (Lipinski definition) is 2. The van der Waals surface area contributed by atoms with Crippen LogP contribution >= 0.6 is 27.5 Å². The first-order valence-corrected chi connectivity index (χ1v) is 4.10. The van der Waals surface area contributed by atoms with E-state index in [1.165, 1.54) is 0 Å². The van der Waals surface area contributed by atoms with Crippen molar-refractivity contribution in [3.63, 3.8) is 0 Å². The van der Waals surface area contributed by atoms with E-state index in [1.807, 2.05) is 0 Å². The van der Waals surface area contributed by atoms with E-state index in [-0.39, 0.29) is 0 Å². The van der Waals surface area contributed by atoms with Crippen LogP contribution in [0.2, 0.25) is 5.15 Å². The topological polar surface area (TPSA) is 30.2 Å². The number of hydrogen-bond donors (Lipinski definition) is 0. The van der Waals surface area contributed by atoms with Crippen molar-refractivity contribution in [2.24, 2.45) is 0 Å². The molecular formula is C6H3BrClN3. The number of rotatable bonds is 0. The molecular weight excluding hydrogens is 229 g/mol. The lowest BCUT2D eigenvalue weighted by Gasteiger charge is -1.96. The molecule has 0 aliphatic rings. The molecule has 2 aromatic heterocycles. The Morgan fingerprint density at radius 1 is 1.55 bits per heavy atom. The van der Waals surface area contributed by atoms with Gasteiger partial charge < -0.3 is 0 Å². The molecule has 56 valence electrons. The second kappa shape index (κ2) is 2.46. The van der Waals surface area contributed by atoms with Gasteiger partial charge in [0, 0.05) is 0 Å². The average Bonchev–Trinajstić information content (AvgIpc) is 2.45. The first-order chi connectivity index (χ1) is 5.29. The van der Waals surface area contributed by atoms with Gasteiger partial charge in [-0.2, -0.15) is 5.10 Å². The minimum atomic E-state index is 0.464. The highest BCUT2D eigenvalue weighted by Gasteiger charge is 2.02. The summed E-state index contributed by atoms with van der Waals surface area (Å²) >= 11 is 9.07. The molecule has 11 heavy (non-hydrogen) atoms. The van der Waals surface area contributed by atoms with Gasteiger partial charge in [0.15, 0.2) is 5.15 Å². The van der Waals surface area contributed by atoms with Crippen molar-refractivity contribution in [3.05, 3.63) is 28.2 Å². The monoisotopic (exact) mass is 231 g/mol. The summed E-state index contributed by atoms with van der Waals surface area (Å²) < 4.78 is 2.47. The Morgan fingerprint density at radius 2 is 2.36 bits per heavy atom. The van der Waals surface area contributed by atoms with E-state index in [0.29, 0.717) is 5.15 Å². The number of halogens is 2. The molecule has 0 aliphatic heterocycles. The molecule has 0 spiro atoms. The van der Waals surface area contributed by atoms with Crippen molar-refractivity contribution in [2.45, 2.75) is 0 Å². The normalized spacial score (nSPS) is 10.7. The van der Waals surface area contributed by atoms with Gasteiger partial charge in [-0.3, -0.25) is 0 Å². The van der Waals surface area contributed by atoms with Gasteiger partial charge in [0.1, 0.15) is 10.1 Å². The zero-order valence-corrected chi connectivity index (χ0v) is 7.67. The zero-order valence-electron chi connectivity index (χ0n) is 5.33. The Morgan fingerprint density at radius 3 is 3.09 bits per heavy atom. The molecule has 0 aliphatic carbocycles. The largest absolute Gasteiger partial charge is 0.239 e. The van der Waals surface area contributed by atoms with Gasteiger partial charge in [0.05, 0.1) is 12.4 Å². The van der Waals surface area contributed by atoms with E-state index in [9.17, 15) is 0 Å². The molecule has 0 saturated carbocycles. The van der Waals surface area contributed by atoms with Crippen molar-refractivity contribution in [3.8, 4) is 0 Å². The maximum absolute atomic E-state index is 5.78. The first kappa shape index (κ1) is 7.06. The van der Waals surface area contributed by atoms with E-state index < -0.39 is 0 Å². The van der Waals surface area contributed by atoms with Crippen LogP contribution in [0.25, 0.3) is 5.52 Å². The Balaban J connectivity index is 2.96. The van der Waals surface area contributed by atoms with Gasteiger partial charge >= 0.3 is 0 Å². The molecule has 0 saturated heterocycles. The SMILES string of the molecule is Clc1ncc(Br)n2nccc12. The molecule has 0 atom stereocenters. The Bertz CT molecular complexity index is 362. The van der Waals surface area contributed by atoms with Crippen molar-refractivity contribution < 1.29 is 0 Å². The van der Waals surface area contributed by atoms with Crippen molar-refractivity contribution in [1.29, 1.82) is 0 Å². The lowest BCUT2D eigenvalue weighted by atomic mass is 10.5. The summed E-state index contributed by atoms with van der Waals surface area (Å²) in [5.41, 5.74) is 0.807. The van der Waals surface area contributed by atoms with Crippen LogP contribution in [0.3, 0.4) is 0 Å². The maximum Gasteiger partial charge on any atom is 0.154 e. The molecule has 2 rings (SSSR count). The summed E-state index contributed by atoms with van der Waals surface area (Å²) in [6.45, 7) is 0. The van der Waals surface area contributed by atoms with E-state index in [4.69, 9.17) is 11.6 Å². The fraction of sp³-hybridized carbons (Fsp3) is 0. The fourth-order valence-electron chi connectivity index (χ4n) is 0.861. The number of fused-ring (bicyclic) bond motifs is 1. The van der Waals surface area contributed by atoms with Gasteiger partial charge in [0.25, 0.3) is 0 Å². The first-order valence-electron chi connectivity index (χ1n) is 2.93. The fourth-order valence-corrected chi connectivity index (χ4v) is 1.44. The second-order valence-electron chi connectivity index (χ2n) is 2.00. The number of aromatic nitrogens is 3. The molecule has 0 fully saturated rings. The van der Waals surface area contributed by atoms with Crippen LogP contribution in [-0.2, 0) is 0 Å². The third-order valence-electron chi connectivity index (χ3n) is 1.34. The minimum Gasteiger partial charge on any atom is -0.239 e. The molecule has 0 unspecified atom stereocenters. The van der Waals surface area contributed by atoms with E-state index >= 15 is 0 Å².